The first-order chi connectivity index (χ1) is 5.34. The molecule has 0 bridgehead atoms. The lowest BCUT2D eigenvalue weighted by Crippen LogP contribution is -1.74. The summed E-state index contributed by atoms with van der Waals surface area (Å²) in [6, 6.07) is 8.20. The van der Waals surface area contributed by atoms with Gasteiger partial charge in [0.1, 0.15) is 0 Å². The van der Waals surface area contributed by atoms with Gasteiger partial charge >= 0.3 is 0 Å². The second kappa shape index (κ2) is 4.62. The third kappa shape index (κ3) is 2.72. The van der Waals surface area contributed by atoms with Crippen LogP contribution < -0.4 is 0 Å². The van der Waals surface area contributed by atoms with Crippen LogP contribution in [0.2, 0.25) is 0 Å². The molecular weight excluding hydrogens is 220 g/mol. The highest BCUT2D eigenvalue weighted by Crippen LogP contribution is 2.26. The predicted octanol–water partition coefficient (Wildman–Crippen LogP) is 3.73. The van der Waals surface area contributed by atoms with E-state index < -0.39 is 0 Å². The van der Waals surface area contributed by atoms with Gasteiger partial charge in [0, 0.05) is 15.1 Å². The van der Waals surface area contributed by atoms with Gasteiger partial charge in [-0.25, -0.2) is 0 Å². The van der Waals surface area contributed by atoms with E-state index >= 15 is 0 Å². The monoisotopic (exact) mass is 228 g/mol. The van der Waals surface area contributed by atoms with Crippen molar-refractivity contribution in [3.8, 4) is 0 Å². The summed E-state index contributed by atoms with van der Waals surface area (Å²) < 4.78 is 1.16. The summed E-state index contributed by atoms with van der Waals surface area (Å²) in [6.45, 7) is 3.67. The van der Waals surface area contributed by atoms with Crippen molar-refractivity contribution in [3.05, 3.63) is 41.4 Å². The minimum absolute atomic E-state index is 0.961. The summed E-state index contributed by atoms with van der Waals surface area (Å²) in [5.74, 6) is 0.961. The van der Waals surface area contributed by atoms with E-state index in [-0.39, 0.29) is 0 Å². The first kappa shape index (κ1) is 8.88. The molecule has 0 saturated carbocycles. The van der Waals surface area contributed by atoms with Crippen molar-refractivity contribution in [1.82, 2.24) is 0 Å². The van der Waals surface area contributed by atoms with Gasteiger partial charge in [0.2, 0.25) is 0 Å². The molecule has 58 valence electrons. The van der Waals surface area contributed by atoms with E-state index in [0.717, 1.165) is 10.2 Å². The van der Waals surface area contributed by atoms with E-state index in [2.05, 4.69) is 28.6 Å². The van der Waals surface area contributed by atoms with Gasteiger partial charge in [0.25, 0.3) is 0 Å². The Kier molecular flexibility index (Phi) is 3.73. The van der Waals surface area contributed by atoms with Crippen molar-refractivity contribution in [2.24, 2.45) is 0 Å². The third-order valence-corrected chi connectivity index (χ3v) is 3.22. The van der Waals surface area contributed by atoms with Crippen LogP contribution in [-0.2, 0) is 0 Å². The zero-order valence-corrected chi connectivity index (χ0v) is 8.49. The van der Waals surface area contributed by atoms with Crippen molar-refractivity contribution >= 4 is 27.7 Å². The van der Waals surface area contributed by atoms with Crippen LogP contribution in [0.25, 0.3) is 0 Å². The van der Waals surface area contributed by atoms with Crippen molar-refractivity contribution in [3.63, 3.8) is 0 Å². The quantitative estimate of drug-likeness (QED) is 0.562. The van der Waals surface area contributed by atoms with Crippen LogP contribution in [0.1, 0.15) is 0 Å². The molecule has 0 radical (unpaired) electrons. The average Bonchev–Trinajstić information content (AvgIpc) is 2.03. The summed E-state index contributed by atoms with van der Waals surface area (Å²) in [6.07, 6.45) is 1.91. The van der Waals surface area contributed by atoms with Gasteiger partial charge in [-0.2, -0.15) is 0 Å². The Morgan fingerprint density at radius 3 is 2.82 bits per heavy atom. The van der Waals surface area contributed by atoms with Gasteiger partial charge < -0.3 is 0 Å². The van der Waals surface area contributed by atoms with Crippen LogP contribution in [0.5, 0.6) is 0 Å². The standard InChI is InChI=1S/C9H9BrS/c1-2-7-11-9-6-4-3-5-8(9)10/h2-6H,1,7H2. The zero-order valence-electron chi connectivity index (χ0n) is 6.09. The van der Waals surface area contributed by atoms with Crippen LogP contribution in [0.3, 0.4) is 0 Å². The van der Waals surface area contributed by atoms with Gasteiger partial charge in [-0.15, -0.1) is 18.3 Å². The number of hydrogen-bond donors (Lipinski definition) is 0. The molecule has 0 aliphatic rings. The Morgan fingerprint density at radius 1 is 1.45 bits per heavy atom. The number of thioether (sulfide) groups is 1. The molecule has 0 spiro atoms. The Bertz CT molecular complexity index is 245. The highest BCUT2D eigenvalue weighted by molar-refractivity contribution is 9.10. The molecule has 0 aromatic heterocycles. The van der Waals surface area contributed by atoms with Crippen LogP contribution >= 0.6 is 27.7 Å². The summed E-state index contributed by atoms with van der Waals surface area (Å²) in [7, 11) is 0. The van der Waals surface area contributed by atoms with E-state index in [9.17, 15) is 0 Å². The van der Waals surface area contributed by atoms with Crippen LogP contribution in [0, 0.1) is 0 Å². The van der Waals surface area contributed by atoms with E-state index in [1.807, 2.05) is 24.3 Å². The van der Waals surface area contributed by atoms with Crippen LogP contribution in [0.4, 0.5) is 0 Å². The zero-order chi connectivity index (χ0) is 8.10. The largest absolute Gasteiger partial charge is 0.121 e. The first-order valence-corrected chi connectivity index (χ1v) is 5.10. The van der Waals surface area contributed by atoms with Gasteiger partial charge in [-0.3, -0.25) is 0 Å². The molecule has 0 aliphatic carbocycles. The topological polar surface area (TPSA) is 0 Å². The Morgan fingerprint density at radius 2 is 2.18 bits per heavy atom. The predicted molar refractivity (Wildman–Crippen MR) is 55.1 cm³/mol. The Labute approximate surface area is 79.8 Å². The third-order valence-electron chi connectivity index (χ3n) is 1.19. The fraction of sp³-hybridized carbons (Fsp3) is 0.111. The number of hydrogen-bond acceptors (Lipinski definition) is 1. The van der Waals surface area contributed by atoms with Crippen LogP contribution in [-0.4, -0.2) is 5.75 Å². The Hall–Kier alpha value is -0.210. The fourth-order valence-electron chi connectivity index (χ4n) is 0.710. The maximum absolute atomic E-state index is 3.67. The molecule has 0 saturated heterocycles. The number of rotatable bonds is 3. The molecular formula is C9H9BrS. The summed E-state index contributed by atoms with van der Waals surface area (Å²) in [5, 5.41) is 0. The molecule has 11 heavy (non-hydrogen) atoms. The molecule has 0 atom stereocenters. The SMILES string of the molecule is C=CCSc1ccccc1Br. The lowest BCUT2D eigenvalue weighted by Gasteiger charge is -1.99. The second-order valence-electron chi connectivity index (χ2n) is 2.03. The smallest absolute Gasteiger partial charge is 0.0311 e. The molecule has 1 aromatic rings. The first-order valence-electron chi connectivity index (χ1n) is 3.33. The van der Waals surface area contributed by atoms with E-state index in [1.165, 1.54) is 4.90 Å². The van der Waals surface area contributed by atoms with Crippen LogP contribution in [0.15, 0.2) is 46.3 Å². The molecule has 0 heterocycles. The lowest BCUT2D eigenvalue weighted by molar-refractivity contribution is 1.41. The maximum Gasteiger partial charge on any atom is 0.0311 e. The Balaban J connectivity index is 2.69. The molecule has 1 rings (SSSR count). The maximum atomic E-state index is 3.67. The molecule has 0 nitrogen and oxygen atoms in total. The van der Waals surface area contributed by atoms with Crippen molar-refractivity contribution < 1.29 is 0 Å². The average molecular weight is 229 g/mol. The summed E-state index contributed by atoms with van der Waals surface area (Å²) in [4.78, 5) is 1.27. The van der Waals surface area contributed by atoms with E-state index in [4.69, 9.17) is 0 Å². The van der Waals surface area contributed by atoms with E-state index in [0.29, 0.717) is 0 Å². The van der Waals surface area contributed by atoms with E-state index in [1.54, 1.807) is 11.8 Å². The molecule has 1 aromatic carbocycles. The van der Waals surface area contributed by atoms with Gasteiger partial charge in [0.05, 0.1) is 0 Å². The molecule has 0 aliphatic heterocycles. The van der Waals surface area contributed by atoms with Crippen molar-refractivity contribution in [1.29, 1.82) is 0 Å². The normalized spacial score (nSPS) is 9.55. The molecule has 0 fully saturated rings. The lowest BCUT2D eigenvalue weighted by atomic mass is 10.4. The fourth-order valence-corrected chi connectivity index (χ4v) is 2.02. The van der Waals surface area contributed by atoms with Gasteiger partial charge in [-0.05, 0) is 28.1 Å². The highest BCUT2D eigenvalue weighted by atomic mass is 79.9. The van der Waals surface area contributed by atoms with Crippen molar-refractivity contribution in [2.75, 3.05) is 5.75 Å². The number of halogens is 1. The minimum atomic E-state index is 0.961. The number of benzene rings is 1. The minimum Gasteiger partial charge on any atom is -0.121 e. The molecule has 2 heteroatoms. The highest BCUT2D eigenvalue weighted by Gasteiger charge is 1.95. The molecule has 0 N–H and O–H groups in total. The summed E-state index contributed by atoms with van der Waals surface area (Å²) >= 11 is 5.25. The van der Waals surface area contributed by atoms with Crippen molar-refractivity contribution in [2.45, 2.75) is 4.90 Å². The van der Waals surface area contributed by atoms with Gasteiger partial charge in [0.15, 0.2) is 0 Å². The molecule has 0 amide bonds. The molecule has 0 unspecified atom stereocenters. The second-order valence-corrected chi connectivity index (χ2v) is 3.95. The summed E-state index contributed by atoms with van der Waals surface area (Å²) in [5.41, 5.74) is 0. The van der Waals surface area contributed by atoms with Gasteiger partial charge in [-0.1, -0.05) is 18.2 Å².